The molecule has 0 fully saturated rings. The van der Waals surface area contributed by atoms with Crippen molar-refractivity contribution in [3.8, 4) is 5.75 Å². The number of hydrogen-bond donors (Lipinski definition) is 2. The summed E-state index contributed by atoms with van der Waals surface area (Å²) in [6.07, 6.45) is 1.65. The molecule has 2 N–H and O–H groups in total. The molecule has 0 bridgehead atoms. The van der Waals surface area contributed by atoms with Crippen molar-refractivity contribution >= 4 is 39.7 Å². The number of nitrogens with zero attached hydrogens (tertiary/aromatic N) is 1. The number of methoxy groups -OCH3 is 1. The molecular weight excluding hydrogens is 282 g/mol. The van der Waals surface area contributed by atoms with Gasteiger partial charge in [-0.2, -0.15) is 0 Å². The van der Waals surface area contributed by atoms with E-state index in [0.717, 1.165) is 0 Å². The van der Waals surface area contributed by atoms with Gasteiger partial charge in [-0.1, -0.05) is 12.1 Å². The zero-order valence-electron chi connectivity index (χ0n) is 10.0. The van der Waals surface area contributed by atoms with Crippen molar-refractivity contribution in [3.63, 3.8) is 0 Å². The first-order valence-corrected chi connectivity index (χ1v) is 6.64. The molecule has 98 valence electrons. The van der Waals surface area contributed by atoms with Gasteiger partial charge in [0.2, 0.25) is 0 Å². The lowest BCUT2D eigenvalue weighted by atomic mass is 10.2. The van der Waals surface area contributed by atoms with Crippen LogP contribution in [0.3, 0.4) is 0 Å². The van der Waals surface area contributed by atoms with Crippen LogP contribution in [0.1, 0.15) is 10.4 Å². The smallest absolute Gasteiger partial charge is 0.261 e. The summed E-state index contributed by atoms with van der Waals surface area (Å²) < 4.78 is 5.12. The van der Waals surface area contributed by atoms with Crippen LogP contribution in [0.4, 0.5) is 5.13 Å². The number of amides is 1. The SMILES string of the molecule is COc1ccccc1C(=O)NC(=S)Nc1nccs1. The first kappa shape index (κ1) is 13.4. The van der Waals surface area contributed by atoms with Crippen LogP contribution in [0, 0.1) is 0 Å². The number of para-hydroxylation sites is 1. The summed E-state index contributed by atoms with van der Waals surface area (Å²) >= 11 is 6.44. The summed E-state index contributed by atoms with van der Waals surface area (Å²) in [5, 5.41) is 8.05. The zero-order chi connectivity index (χ0) is 13.7. The van der Waals surface area contributed by atoms with Crippen molar-refractivity contribution in [3.05, 3.63) is 41.4 Å². The fourth-order valence-corrected chi connectivity index (χ4v) is 2.20. The Morgan fingerprint density at radius 1 is 1.42 bits per heavy atom. The second-order valence-corrected chi connectivity index (χ2v) is 4.75. The van der Waals surface area contributed by atoms with Gasteiger partial charge < -0.3 is 10.1 Å². The molecule has 5 nitrogen and oxygen atoms in total. The van der Waals surface area contributed by atoms with Crippen LogP contribution < -0.4 is 15.4 Å². The number of anilines is 1. The lowest BCUT2D eigenvalue weighted by molar-refractivity contribution is 0.0975. The van der Waals surface area contributed by atoms with Crippen LogP contribution in [-0.2, 0) is 0 Å². The Kier molecular flexibility index (Phi) is 4.43. The Balaban J connectivity index is 2.02. The molecule has 0 radical (unpaired) electrons. The van der Waals surface area contributed by atoms with Crippen LogP contribution in [0.5, 0.6) is 5.75 Å². The van der Waals surface area contributed by atoms with Crippen molar-refractivity contribution in [1.82, 2.24) is 10.3 Å². The second kappa shape index (κ2) is 6.26. The number of benzene rings is 1. The van der Waals surface area contributed by atoms with E-state index in [1.165, 1.54) is 18.4 Å². The predicted octanol–water partition coefficient (Wildman–Crippen LogP) is 2.28. The van der Waals surface area contributed by atoms with E-state index in [0.29, 0.717) is 16.4 Å². The largest absolute Gasteiger partial charge is 0.496 e. The van der Waals surface area contributed by atoms with Crippen LogP contribution in [0.25, 0.3) is 0 Å². The summed E-state index contributed by atoms with van der Waals surface area (Å²) in [6.45, 7) is 0. The minimum atomic E-state index is -0.327. The molecule has 0 aliphatic heterocycles. The van der Waals surface area contributed by atoms with Crippen LogP contribution in [0.2, 0.25) is 0 Å². The van der Waals surface area contributed by atoms with Crippen molar-refractivity contribution in [2.75, 3.05) is 12.4 Å². The summed E-state index contributed by atoms with van der Waals surface area (Å²) in [7, 11) is 1.51. The Morgan fingerprint density at radius 3 is 2.89 bits per heavy atom. The van der Waals surface area contributed by atoms with Crippen molar-refractivity contribution in [1.29, 1.82) is 0 Å². The van der Waals surface area contributed by atoms with E-state index in [2.05, 4.69) is 15.6 Å². The van der Waals surface area contributed by atoms with Crippen LogP contribution in [0.15, 0.2) is 35.8 Å². The molecule has 7 heteroatoms. The third-order valence-electron chi connectivity index (χ3n) is 2.23. The highest BCUT2D eigenvalue weighted by Gasteiger charge is 2.13. The second-order valence-electron chi connectivity index (χ2n) is 3.45. The zero-order valence-corrected chi connectivity index (χ0v) is 11.7. The van der Waals surface area contributed by atoms with Gasteiger partial charge >= 0.3 is 0 Å². The number of thiocarbonyl (C=S) groups is 1. The Labute approximate surface area is 119 Å². The molecule has 1 amide bonds. The van der Waals surface area contributed by atoms with Crippen molar-refractivity contribution < 1.29 is 9.53 Å². The maximum absolute atomic E-state index is 12.0. The molecule has 0 aliphatic rings. The van der Waals surface area contributed by atoms with Crippen molar-refractivity contribution in [2.24, 2.45) is 0 Å². The van der Waals surface area contributed by atoms with Gasteiger partial charge in [0.05, 0.1) is 12.7 Å². The molecule has 2 rings (SSSR count). The third kappa shape index (κ3) is 3.49. The minimum absolute atomic E-state index is 0.200. The third-order valence-corrected chi connectivity index (χ3v) is 3.12. The summed E-state index contributed by atoms with van der Waals surface area (Å²) in [5.74, 6) is 0.170. The molecule has 0 atom stereocenters. The summed E-state index contributed by atoms with van der Waals surface area (Å²) in [6, 6.07) is 6.93. The Hall–Kier alpha value is -1.99. The lowest BCUT2D eigenvalue weighted by Crippen LogP contribution is -2.34. The maximum Gasteiger partial charge on any atom is 0.261 e. The lowest BCUT2D eigenvalue weighted by Gasteiger charge is -2.09. The van der Waals surface area contributed by atoms with Gasteiger partial charge in [-0.15, -0.1) is 11.3 Å². The fraction of sp³-hybridized carbons (Fsp3) is 0.0833. The monoisotopic (exact) mass is 293 g/mol. The number of hydrogen-bond acceptors (Lipinski definition) is 5. The van der Waals surface area contributed by atoms with Gasteiger partial charge in [-0.05, 0) is 24.4 Å². The molecular formula is C12H11N3O2S2. The molecule has 1 aromatic heterocycles. The van der Waals surface area contributed by atoms with Crippen LogP contribution >= 0.6 is 23.6 Å². The average molecular weight is 293 g/mol. The first-order valence-electron chi connectivity index (χ1n) is 5.35. The average Bonchev–Trinajstić information content (AvgIpc) is 2.91. The quantitative estimate of drug-likeness (QED) is 0.850. The highest BCUT2D eigenvalue weighted by atomic mass is 32.1. The first-order chi connectivity index (χ1) is 9.20. The normalized spacial score (nSPS) is 9.74. The maximum atomic E-state index is 12.0. The van der Waals surface area contributed by atoms with Gasteiger partial charge in [0.1, 0.15) is 5.75 Å². The van der Waals surface area contributed by atoms with E-state index in [1.54, 1.807) is 30.5 Å². The van der Waals surface area contributed by atoms with E-state index in [4.69, 9.17) is 17.0 Å². The summed E-state index contributed by atoms with van der Waals surface area (Å²) in [4.78, 5) is 16.0. The van der Waals surface area contributed by atoms with Gasteiger partial charge in [0.25, 0.3) is 5.91 Å². The Morgan fingerprint density at radius 2 is 2.21 bits per heavy atom. The number of aromatic nitrogens is 1. The van der Waals surface area contributed by atoms with Crippen molar-refractivity contribution in [2.45, 2.75) is 0 Å². The predicted molar refractivity (Wildman–Crippen MR) is 78.8 cm³/mol. The number of nitrogens with one attached hydrogen (secondary N) is 2. The highest BCUT2D eigenvalue weighted by molar-refractivity contribution is 7.80. The topological polar surface area (TPSA) is 63.2 Å². The highest BCUT2D eigenvalue weighted by Crippen LogP contribution is 2.17. The van der Waals surface area contributed by atoms with E-state index in [-0.39, 0.29) is 11.0 Å². The molecule has 0 spiro atoms. The standard InChI is InChI=1S/C12H11N3O2S2/c1-17-9-5-3-2-4-8(9)10(16)14-11(18)15-12-13-6-7-19-12/h2-7H,1H3,(H2,13,14,15,16,18). The van der Waals surface area contributed by atoms with Gasteiger partial charge in [-0.25, -0.2) is 4.98 Å². The molecule has 2 aromatic rings. The molecule has 0 saturated carbocycles. The van der Waals surface area contributed by atoms with Gasteiger partial charge in [-0.3, -0.25) is 10.1 Å². The van der Waals surface area contributed by atoms with E-state index < -0.39 is 0 Å². The number of ether oxygens (including phenoxy) is 1. The Bertz CT molecular complexity index is 584. The molecule has 0 unspecified atom stereocenters. The fourth-order valence-electron chi connectivity index (χ4n) is 1.42. The molecule has 0 aliphatic carbocycles. The van der Waals surface area contributed by atoms with Gasteiger partial charge in [0.15, 0.2) is 10.2 Å². The number of carbonyl (C=O) groups is 1. The number of thiazole rings is 1. The van der Waals surface area contributed by atoms with E-state index >= 15 is 0 Å². The minimum Gasteiger partial charge on any atom is -0.496 e. The van der Waals surface area contributed by atoms with Gasteiger partial charge in [0, 0.05) is 11.6 Å². The van der Waals surface area contributed by atoms with Crippen LogP contribution in [-0.4, -0.2) is 23.1 Å². The molecule has 0 saturated heterocycles. The van der Waals surface area contributed by atoms with E-state index in [9.17, 15) is 4.79 Å². The molecule has 1 aromatic carbocycles. The number of carbonyl (C=O) groups excluding carboxylic acids is 1. The molecule has 19 heavy (non-hydrogen) atoms. The molecule has 1 heterocycles. The summed E-state index contributed by atoms with van der Waals surface area (Å²) in [5.41, 5.74) is 0.424. The van der Waals surface area contributed by atoms with E-state index in [1.807, 2.05) is 5.38 Å². The number of rotatable bonds is 3.